The normalized spacial score (nSPS) is 15.2. The van der Waals surface area contributed by atoms with Gasteiger partial charge in [0, 0.05) is 10.0 Å². The highest BCUT2D eigenvalue weighted by atomic mass is 79.9. The summed E-state index contributed by atoms with van der Waals surface area (Å²) >= 11 is 2.98. The first kappa shape index (κ1) is 13.5. The van der Waals surface area contributed by atoms with Crippen LogP contribution in [-0.2, 0) is 0 Å². The summed E-state index contributed by atoms with van der Waals surface area (Å²) in [6.45, 7) is 3.47. The Labute approximate surface area is 102 Å². The molecule has 0 fully saturated rings. The quantitative estimate of drug-likeness (QED) is 0.900. The van der Waals surface area contributed by atoms with Crippen LogP contribution in [0.5, 0.6) is 0 Å². The Morgan fingerprint density at radius 3 is 2.06 bits per heavy atom. The number of rotatable bonds is 3. The first-order chi connectivity index (χ1) is 7.34. The van der Waals surface area contributed by atoms with Crippen LogP contribution in [0, 0.1) is 17.6 Å². The third-order valence-electron chi connectivity index (χ3n) is 2.43. The van der Waals surface area contributed by atoms with Crippen LogP contribution < -0.4 is 5.73 Å². The van der Waals surface area contributed by atoms with Crippen molar-refractivity contribution >= 4 is 15.9 Å². The average molecular weight is 294 g/mol. The van der Waals surface area contributed by atoms with E-state index in [2.05, 4.69) is 15.9 Å². The lowest BCUT2D eigenvalue weighted by atomic mass is 9.94. The predicted molar refractivity (Wildman–Crippen MR) is 61.8 cm³/mol. The number of benzene rings is 1. The van der Waals surface area contributed by atoms with E-state index in [1.807, 2.05) is 0 Å². The number of aliphatic hydroxyl groups is 1. The van der Waals surface area contributed by atoms with Crippen molar-refractivity contribution in [3.8, 4) is 0 Å². The first-order valence-electron chi connectivity index (χ1n) is 4.92. The third-order valence-corrected chi connectivity index (χ3v) is 2.89. The van der Waals surface area contributed by atoms with E-state index in [0.717, 1.165) is 12.1 Å². The molecule has 0 saturated heterocycles. The molecule has 0 aliphatic carbocycles. The van der Waals surface area contributed by atoms with Gasteiger partial charge in [0.2, 0.25) is 0 Å². The highest BCUT2D eigenvalue weighted by Gasteiger charge is 2.26. The van der Waals surface area contributed by atoms with Crippen LogP contribution in [-0.4, -0.2) is 11.2 Å². The lowest BCUT2D eigenvalue weighted by Crippen LogP contribution is -2.32. The van der Waals surface area contributed by atoms with Crippen LogP contribution in [0.25, 0.3) is 0 Å². The molecule has 1 aromatic rings. The molecule has 0 amide bonds. The Bertz CT molecular complexity index is 361. The van der Waals surface area contributed by atoms with Gasteiger partial charge >= 0.3 is 0 Å². The van der Waals surface area contributed by atoms with Crippen molar-refractivity contribution in [3.05, 3.63) is 33.8 Å². The molecule has 0 heterocycles. The average Bonchev–Trinajstić information content (AvgIpc) is 2.14. The number of nitrogens with two attached hydrogens (primary N) is 1. The maximum Gasteiger partial charge on any atom is 0.132 e. The van der Waals surface area contributed by atoms with E-state index < -0.39 is 23.8 Å². The molecule has 90 valence electrons. The van der Waals surface area contributed by atoms with Gasteiger partial charge in [-0.25, -0.2) is 8.78 Å². The molecule has 0 radical (unpaired) electrons. The zero-order valence-corrected chi connectivity index (χ0v) is 10.6. The minimum absolute atomic E-state index is 0.169. The second-order valence-electron chi connectivity index (χ2n) is 4.04. The molecule has 3 N–H and O–H groups in total. The van der Waals surface area contributed by atoms with Gasteiger partial charge in [0.05, 0.1) is 12.1 Å². The maximum absolute atomic E-state index is 13.5. The van der Waals surface area contributed by atoms with Gasteiger partial charge in [0.25, 0.3) is 0 Å². The van der Waals surface area contributed by atoms with Gasteiger partial charge in [-0.2, -0.15) is 0 Å². The van der Waals surface area contributed by atoms with Gasteiger partial charge in [-0.05, 0) is 18.1 Å². The minimum Gasteiger partial charge on any atom is -0.391 e. The highest BCUT2D eigenvalue weighted by Crippen LogP contribution is 2.27. The monoisotopic (exact) mass is 293 g/mol. The molecule has 1 rings (SSSR count). The van der Waals surface area contributed by atoms with Crippen molar-refractivity contribution in [3.63, 3.8) is 0 Å². The number of halogens is 3. The molecular formula is C11H14BrF2NO. The van der Waals surface area contributed by atoms with Crippen molar-refractivity contribution in [2.24, 2.45) is 11.7 Å². The van der Waals surface area contributed by atoms with Crippen molar-refractivity contribution in [2.75, 3.05) is 0 Å². The summed E-state index contributed by atoms with van der Waals surface area (Å²) in [4.78, 5) is 0. The van der Waals surface area contributed by atoms with Crippen LogP contribution >= 0.6 is 15.9 Å². The van der Waals surface area contributed by atoms with Gasteiger partial charge in [-0.15, -0.1) is 0 Å². The second-order valence-corrected chi connectivity index (χ2v) is 4.96. The molecule has 5 heteroatoms. The summed E-state index contributed by atoms with van der Waals surface area (Å²) in [6, 6.07) is 1.20. The molecule has 0 spiro atoms. The van der Waals surface area contributed by atoms with Crippen LogP contribution in [0.15, 0.2) is 16.6 Å². The van der Waals surface area contributed by atoms with E-state index in [-0.39, 0.29) is 11.5 Å². The summed E-state index contributed by atoms with van der Waals surface area (Å²) < 4.78 is 27.4. The Balaban J connectivity index is 3.13. The van der Waals surface area contributed by atoms with Crippen LogP contribution in [0.1, 0.15) is 25.5 Å². The first-order valence-corrected chi connectivity index (χ1v) is 5.72. The van der Waals surface area contributed by atoms with Crippen molar-refractivity contribution in [1.82, 2.24) is 0 Å². The summed E-state index contributed by atoms with van der Waals surface area (Å²) in [6.07, 6.45) is -0.981. The lowest BCUT2D eigenvalue weighted by Gasteiger charge is -2.23. The van der Waals surface area contributed by atoms with Gasteiger partial charge in [-0.1, -0.05) is 29.8 Å². The molecule has 2 atom stereocenters. The summed E-state index contributed by atoms with van der Waals surface area (Å²) in [5.74, 6) is -1.67. The largest absolute Gasteiger partial charge is 0.391 e. The van der Waals surface area contributed by atoms with E-state index in [1.165, 1.54) is 0 Å². The fourth-order valence-electron chi connectivity index (χ4n) is 1.46. The Morgan fingerprint density at radius 1 is 1.25 bits per heavy atom. The molecule has 0 aliphatic rings. The number of hydrogen-bond acceptors (Lipinski definition) is 2. The zero-order valence-electron chi connectivity index (χ0n) is 9.05. The van der Waals surface area contributed by atoms with Crippen LogP contribution in [0.3, 0.4) is 0 Å². The van der Waals surface area contributed by atoms with Crippen LogP contribution in [0.4, 0.5) is 8.78 Å². The second kappa shape index (κ2) is 5.21. The number of hydrogen-bond donors (Lipinski definition) is 2. The SMILES string of the molecule is CC(C)[C@H](O)[C@H](N)c1c(F)cc(Br)cc1F. The molecular weight excluding hydrogens is 280 g/mol. The zero-order chi connectivity index (χ0) is 12.5. The van der Waals surface area contributed by atoms with E-state index >= 15 is 0 Å². The predicted octanol–water partition coefficient (Wildman–Crippen LogP) is 2.74. The third kappa shape index (κ3) is 2.78. The molecule has 0 unspecified atom stereocenters. The highest BCUT2D eigenvalue weighted by molar-refractivity contribution is 9.10. The molecule has 0 saturated carbocycles. The Morgan fingerprint density at radius 2 is 1.69 bits per heavy atom. The molecule has 0 aromatic heterocycles. The Hall–Kier alpha value is -0.520. The standard InChI is InChI=1S/C11H14BrF2NO/c1-5(2)11(16)10(15)9-7(13)3-6(12)4-8(9)14/h3-5,10-11,16H,15H2,1-2H3/t10-,11+/m1/s1. The smallest absolute Gasteiger partial charge is 0.132 e. The number of aliphatic hydroxyl groups excluding tert-OH is 1. The lowest BCUT2D eigenvalue weighted by molar-refractivity contribution is 0.0952. The fraction of sp³-hybridized carbons (Fsp3) is 0.455. The van der Waals surface area contributed by atoms with Crippen molar-refractivity contribution in [2.45, 2.75) is 26.0 Å². The molecule has 0 bridgehead atoms. The summed E-state index contributed by atoms with van der Waals surface area (Å²) in [5.41, 5.74) is 5.37. The van der Waals surface area contributed by atoms with E-state index in [1.54, 1.807) is 13.8 Å². The maximum atomic E-state index is 13.5. The minimum atomic E-state index is -1.06. The molecule has 0 aliphatic heterocycles. The van der Waals surface area contributed by atoms with Gasteiger partial charge in [-0.3, -0.25) is 0 Å². The molecule has 1 aromatic carbocycles. The summed E-state index contributed by atoms with van der Waals surface area (Å²) in [7, 11) is 0. The summed E-state index contributed by atoms with van der Waals surface area (Å²) in [5, 5.41) is 9.70. The van der Waals surface area contributed by atoms with Gasteiger partial charge in [0.1, 0.15) is 11.6 Å². The van der Waals surface area contributed by atoms with E-state index in [4.69, 9.17) is 5.73 Å². The van der Waals surface area contributed by atoms with Gasteiger partial charge < -0.3 is 10.8 Å². The molecule has 16 heavy (non-hydrogen) atoms. The van der Waals surface area contributed by atoms with Crippen molar-refractivity contribution in [1.29, 1.82) is 0 Å². The van der Waals surface area contributed by atoms with Crippen LogP contribution in [0.2, 0.25) is 0 Å². The van der Waals surface area contributed by atoms with Crippen molar-refractivity contribution < 1.29 is 13.9 Å². The molecule has 2 nitrogen and oxygen atoms in total. The topological polar surface area (TPSA) is 46.2 Å². The van der Waals surface area contributed by atoms with Gasteiger partial charge in [0.15, 0.2) is 0 Å². The van der Waals surface area contributed by atoms with E-state index in [0.29, 0.717) is 4.47 Å². The van der Waals surface area contributed by atoms with E-state index in [9.17, 15) is 13.9 Å². The Kier molecular flexibility index (Phi) is 4.41. The fourth-order valence-corrected chi connectivity index (χ4v) is 1.86.